The summed E-state index contributed by atoms with van der Waals surface area (Å²) in [7, 11) is 0. The molecule has 0 aromatic carbocycles. The smallest absolute Gasteiger partial charge is 0.244 e. The summed E-state index contributed by atoms with van der Waals surface area (Å²) < 4.78 is 1.41. The number of nitrogens with zero attached hydrogens (tertiary/aromatic N) is 7. The van der Waals surface area contributed by atoms with Crippen molar-refractivity contribution in [2.75, 3.05) is 31.1 Å². The van der Waals surface area contributed by atoms with Crippen LogP contribution in [0.3, 0.4) is 0 Å². The minimum absolute atomic E-state index is 0.0119. The Labute approximate surface area is 136 Å². The number of carbonyl (C=O) groups excluding carboxylic acids is 1. The van der Waals surface area contributed by atoms with Crippen molar-refractivity contribution in [2.24, 2.45) is 0 Å². The van der Waals surface area contributed by atoms with Gasteiger partial charge in [-0.3, -0.25) is 4.79 Å². The van der Waals surface area contributed by atoms with Gasteiger partial charge in [-0.15, -0.1) is 5.10 Å². The van der Waals surface area contributed by atoms with E-state index >= 15 is 0 Å². The number of aromatic nitrogens is 5. The van der Waals surface area contributed by atoms with Crippen molar-refractivity contribution in [3.8, 4) is 0 Å². The highest BCUT2D eigenvalue weighted by Gasteiger charge is 2.23. The van der Waals surface area contributed by atoms with Gasteiger partial charge in [-0.05, 0) is 16.5 Å². The zero-order valence-electron chi connectivity index (χ0n) is 11.6. The van der Waals surface area contributed by atoms with Gasteiger partial charge in [-0.1, -0.05) is 23.2 Å². The molecule has 1 aliphatic heterocycles. The molecule has 0 saturated carbocycles. The predicted molar refractivity (Wildman–Crippen MR) is 80.9 cm³/mol. The molecule has 0 spiro atoms. The summed E-state index contributed by atoms with van der Waals surface area (Å²) in [6.07, 6.45) is 2.99. The van der Waals surface area contributed by atoms with E-state index < -0.39 is 0 Å². The lowest BCUT2D eigenvalue weighted by molar-refractivity contribution is -0.132. The number of carbonyl (C=O) groups is 1. The Balaban J connectivity index is 1.59. The first-order valence-corrected chi connectivity index (χ1v) is 7.43. The topological polar surface area (TPSA) is 80.0 Å². The number of hydrogen-bond donors (Lipinski definition) is 0. The summed E-state index contributed by atoms with van der Waals surface area (Å²) in [4.78, 5) is 20.2. The van der Waals surface area contributed by atoms with Crippen LogP contribution >= 0.6 is 23.2 Å². The lowest BCUT2D eigenvalue weighted by Gasteiger charge is -2.35. The summed E-state index contributed by atoms with van der Waals surface area (Å²) in [6, 6.07) is 1.67. The molecule has 0 unspecified atom stereocenters. The van der Waals surface area contributed by atoms with E-state index in [-0.39, 0.29) is 12.5 Å². The SMILES string of the molecule is O=C(Cn1cnnn1)N1CCN(c2ncc(Cl)cc2Cl)CC1. The van der Waals surface area contributed by atoms with E-state index in [4.69, 9.17) is 23.2 Å². The van der Waals surface area contributed by atoms with Crippen molar-refractivity contribution in [2.45, 2.75) is 6.54 Å². The van der Waals surface area contributed by atoms with Crippen LogP contribution in [0.5, 0.6) is 0 Å². The Morgan fingerprint density at radius 1 is 1.23 bits per heavy atom. The number of amides is 1. The molecular formula is C12H13Cl2N7O. The van der Waals surface area contributed by atoms with Crippen molar-refractivity contribution in [1.82, 2.24) is 30.1 Å². The van der Waals surface area contributed by atoms with E-state index in [0.717, 1.165) is 0 Å². The monoisotopic (exact) mass is 341 g/mol. The molecule has 1 saturated heterocycles. The molecule has 0 bridgehead atoms. The normalized spacial score (nSPS) is 15.2. The van der Waals surface area contributed by atoms with Crippen LogP contribution in [0.25, 0.3) is 0 Å². The standard InChI is InChI=1S/C12H13Cl2N7O/c13-9-5-10(14)12(15-6-9)20-3-1-19(2-4-20)11(22)7-21-8-16-17-18-21/h5-6,8H,1-4,7H2. The summed E-state index contributed by atoms with van der Waals surface area (Å²) in [6.45, 7) is 2.67. The maximum atomic E-state index is 12.2. The van der Waals surface area contributed by atoms with Crippen molar-refractivity contribution in [3.05, 3.63) is 28.6 Å². The molecular weight excluding hydrogens is 329 g/mol. The second-order valence-corrected chi connectivity index (χ2v) is 5.68. The molecule has 1 aliphatic rings. The Kier molecular flexibility index (Phi) is 4.39. The highest BCUT2D eigenvalue weighted by Crippen LogP contribution is 2.26. The van der Waals surface area contributed by atoms with E-state index in [2.05, 4.69) is 20.5 Å². The second-order valence-electron chi connectivity index (χ2n) is 4.83. The molecule has 1 fully saturated rings. The highest BCUT2D eigenvalue weighted by atomic mass is 35.5. The lowest BCUT2D eigenvalue weighted by atomic mass is 10.3. The van der Waals surface area contributed by atoms with Crippen molar-refractivity contribution >= 4 is 34.9 Å². The van der Waals surface area contributed by atoms with Gasteiger partial charge in [-0.2, -0.15) is 0 Å². The maximum absolute atomic E-state index is 12.2. The van der Waals surface area contributed by atoms with Gasteiger partial charge in [-0.25, -0.2) is 9.67 Å². The Bertz CT molecular complexity index is 655. The molecule has 0 N–H and O–H groups in total. The fourth-order valence-electron chi connectivity index (χ4n) is 2.30. The van der Waals surface area contributed by atoms with Crippen molar-refractivity contribution in [3.63, 3.8) is 0 Å². The molecule has 3 heterocycles. The van der Waals surface area contributed by atoms with E-state index in [1.807, 2.05) is 4.90 Å². The molecule has 0 radical (unpaired) electrons. The van der Waals surface area contributed by atoms with E-state index in [0.29, 0.717) is 42.0 Å². The largest absolute Gasteiger partial charge is 0.352 e. The number of anilines is 1. The summed E-state index contributed by atoms with van der Waals surface area (Å²) >= 11 is 12.0. The zero-order valence-corrected chi connectivity index (χ0v) is 13.1. The van der Waals surface area contributed by atoms with Crippen LogP contribution in [-0.4, -0.2) is 62.2 Å². The number of hydrogen-bond acceptors (Lipinski definition) is 6. The van der Waals surface area contributed by atoms with Crippen LogP contribution in [0.2, 0.25) is 10.0 Å². The van der Waals surface area contributed by atoms with Crippen molar-refractivity contribution < 1.29 is 4.79 Å². The van der Waals surface area contributed by atoms with Gasteiger partial charge in [0.15, 0.2) is 0 Å². The van der Waals surface area contributed by atoms with Crippen LogP contribution < -0.4 is 4.90 Å². The third-order valence-electron chi connectivity index (χ3n) is 3.41. The molecule has 2 aromatic rings. The van der Waals surface area contributed by atoms with E-state index in [1.54, 1.807) is 17.2 Å². The fourth-order valence-corrected chi connectivity index (χ4v) is 2.80. The van der Waals surface area contributed by atoms with Crippen molar-refractivity contribution in [1.29, 1.82) is 0 Å². The number of piperazine rings is 1. The lowest BCUT2D eigenvalue weighted by Crippen LogP contribution is -2.50. The van der Waals surface area contributed by atoms with Gasteiger partial charge >= 0.3 is 0 Å². The van der Waals surface area contributed by atoms with E-state index in [9.17, 15) is 4.79 Å². The Morgan fingerprint density at radius 3 is 2.64 bits per heavy atom. The third-order valence-corrected chi connectivity index (χ3v) is 3.89. The average Bonchev–Trinajstić information content (AvgIpc) is 3.00. The predicted octanol–water partition coefficient (Wildman–Crippen LogP) is 0.724. The van der Waals surface area contributed by atoms with Crippen LogP contribution in [0, 0.1) is 0 Å². The molecule has 0 atom stereocenters. The number of halogens is 2. The molecule has 22 heavy (non-hydrogen) atoms. The van der Waals surface area contributed by atoms with Gasteiger partial charge in [0.05, 0.1) is 10.0 Å². The van der Waals surface area contributed by atoms with Gasteiger partial charge < -0.3 is 9.80 Å². The minimum atomic E-state index is -0.0119. The summed E-state index contributed by atoms with van der Waals surface area (Å²) in [5.41, 5.74) is 0. The Morgan fingerprint density at radius 2 is 2.00 bits per heavy atom. The first-order chi connectivity index (χ1) is 10.6. The van der Waals surface area contributed by atoms with Crippen LogP contribution in [0.15, 0.2) is 18.6 Å². The van der Waals surface area contributed by atoms with Gasteiger partial charge in [0, 0.05) is 32.4 Å². The summed E-state index contributed by atoms with van der Waals surface area (Å²) in [5.74, 6) is 0.681. The first-order valence-electron chi connectivity index (χ1n) is 6.68. The van der Waals surface area contributed by atoms with Gasteiger partial charge in [0.25, 0.3) is 0 Å². The van der Waals surface area contributed by atoms with Gasteiger partial charge in [0.1, 0.15) is 18.7 Å². The molecule has 1 amide bonds. The number of pyridine rings is 1. The quantitative estimate of drug-likeness (QED) is 0.818. The van der Waals surface area contributed by atoms with Crippen LogP contribution in [0.1, 0.15) is 0 Å². The maximum Gasteiger partial charge on any atom is 0.244 e. The highest BCUT2D eigenvalue weighted by molar-refractivity contribution is 6.36. The zero-order chi connectivity index (χ0) is 15.5. The van der Waals surface area contributed by atoms with Crippen LogP contribution in [-0.2, 0) is 11.3 Å². The molecule has 8 nitrogen and oxygen atoms in total. The number of tetrazole rings is 1. The first kappa shape index (κ1) is 15.0. The molecule has 0 aliphatic carbocycles. The second kappa shape index (κ2) is 6.45. The molecule has 10 heteroatoms. The number of rotatable bonds is 3. The molecule has 2 aromatic heterocycles. The minimum Gasteiger partial charge on any atom is -0.352 e. The molecule has 3 rings (SSSR count). The average molecular weight is 342 g/mol. The van der Waals surface area contributed by atoms with Gasteiger partial charge in [0.2, 0.25) is 5.91 Å². The Hall–Kier alpha value is -1.93. The molecule has 116 valence electrons. The third kappa shape index (κ3) is 3.28. The van der Waals surface area contributed by atoms with E-state index in [1.165, 1.54) is 11.0 Å². The van der Waals surface area contributed by atoms with Crippen LogP contribution in [0.4, 0.5) is 5.82 Å². The fraction of sp³-hybridized carbons (Fsp3) is 0.417. The summed E-state index contributed by atoms with van der Waals surface area (Å²) in [5, 5.41) is 11.7.